The molecule has 0 saturated heterocycles. The number of amides is 2. The zero-order chi connectivity index (χ0) is 23.6. The van der Waals surface area contributed by atoms with Gasteiger partial charge >= 0.3 is 0 Å². The van der Waals surface area contributed by atoms with Gasteiger partial charge < -0.3 is 19.4 Å². The molecule has 0 aliphatic rings. The summed E-state index contributed by atoms with van der Waals surface area (Å²) in [7, 11) is 0. The Morgan fingerprint density at radius 1 is 0.848 bits per heavy atom. The molecule has 0 bridgehead atoms. The van der Waals surface area contributed by atoms with Gasteiger partial charge in [0.25, 0.3) is 11.1 Å². The lowest BCUT2D eigenvalue weighted by molar-refractivity contribution is -0.119. The molecule has 2 aromatic heterocycles. The van der Waals surface area contributed by atoms with Crippen LogP contribution in [-0.4, -0.2) is 27.5 Å². The lowest BCUT2D eigenvalue weighted by Gasteiger charge is -2.23. The van der Waals surface area contributed by atoms with E-state index in [4.69, 9.17) is 0 Å². The van der Waals surface area contributed by atoms with E-state index in [9.17, 15) is 19.2 Å². The lowest BCUT2D eigenvalue weighted by Crippen LogP contribution is -2.33. The molecule has 0 spiro atoms. The van der Waals surface area contributed by atoms with Gasteiger partial charge in [-0.05, 0) is 36.8 Å². The number of carbonyl (C=O) groups excluding carboxylic acids is 2. The Labute approximate surface area is 192 Å². The van der Waals surface area contributed by atoms with Gasteiger partial charge in [0.2, 0.25) is 11.8 Å². The molecule has 0 radical (unpaired) electrons. The third kappa shape index (κ3) is 6.77. The molecule has 1 aromatic carbocycles. The van der Waals surface area contributed by atoms with Gasteiger partial charge in [-0.3, -0.25) is 19.2 Å². The lowest BCUT2D eigenvalue weighted by atomic mass is 10.2. The van der Waals surface area contributed by atoms with E-state index in [0.29, 0.717) is 24.5 Å². The average Bonchev–Trinajstić information content (AvgIpc) is 2.81. The zero-order valence-corrected chi connectivity index (χ0v) is 18.6. The Hall–Kier alpha value is -3.94. The van der Waals surface area contributed by atoms with Crippen molar-refractivity contribution in [2.45, 2.75) is 39.3 Å². The number of anilines is 2. The molecule has 3 aromatic rings. The highest BCUT2D eigenvalue weighted by Gasteiger charge is 2.16. The SMILES string of the molecule is CCCN(C(=O)CCn1ccccc1=O)c1cccc(NC(=O)CCn2ccccc2=O)c1. The molecular weight excluding hydrogens is 420 g/mol. The summed E-state index contributed by atoms with van der Waals surface area (Å²) in [5, 5.41) is 2.84. The number of hydrogen-bond donors (Lipinski definition) is 1. The van der Waals surface area contributed by atoms with Crippen molar-refractivity contribution < 1.29 is 9.59 Å². The van der Waals surface area contributed by atoms with Crippen molar-refractivity contribution in [2.24, 2.45) is 0 Å². The number of rotatable bonds is 10. The summed E-state index contributed by atoms with van der Waals surface area (Å²) in [5.41, 5.74) is 0.957. The summed E-state index contributed by atoms with van der Waals surface area (Å²) in [6.45, 7) is 3.09. The van der Waals surface area contributed by atoms with Gasteiger partial charge in [-0.25, -0.2) is 0 Å². The van der Waals surface area contributed by atoms with E-state index < -0.39 is 0 Å². The first kappa shape index (κ1) is 23.7. The van der Waals surface area contributed by atoms with Crippen LogP contribution in [-0.2, 0) is 22.7 Å². The van der Waals surface area contributed by atoms with Gasteiger partial charge in [0.05, 0.1) is 0 Å². The Bertz CT molecular complexity index is 1210. The second kappa shape index (κ2) is 11.6. The highest BCUT2D eigenvalue weighted by molar-refractivity contribution is 5.95. The number of hydrogen-bond acceptors (Lipinski definition) is 4. The number of nitrogens with zero attached hydrogens (tertiary/aromatic N) is 3. The summed E-state index contributed by atoms with van der Waals surface area (Å²) in [4.78, 5) is 50.7. The molecule has 2 amide bonds. The van der Waals surface area contributed by atoms with Crippen LogP contribution in [0.1, 0.15) is 26.2 Å². The maximum absolute atomic E-state index is 12.9. The van der Waals surface area contributed by atoms with Gasteiger partial charge in [-0.15, -0.1) is 0 Å². The number of nitrogens with one attached hydrogen (secondary N) is 1. The minimum Gasteiger partial charge on any atom is -0.326 e. The van der Waals surface area contributed by atoms with Gasteiger partial charge in [0, 0.05) is 68.4 Å². The number of benzene rings is 1. The number of carbonyl (C=O) groups is 2. The van der Waals surface area contributed by atoms with E-state index in [2.05, 4.69) is 5.32 Å². The quantitative estimate of drug-likeness (QED) is 0.516. The molecule has 3 rings (SSSR count). The average molecular weight is 449 g/mol. The smallest absolute Gasteiger partial charge is 0.250 e. The van der Waals surface area contributed by atoms with Gasteiger partial charge in [0.15, 0.2) is 0 Å². The first-order chi connectivity index (χ1) is 16.0. The van der Waals surface area contributed by atoms with Crippen molar-refractivity contribution in [3.05, 3.63) is 93.8 Å². The predicted molar refractivity (Wildman–Crippen MR) is 128 cm³/mol. The molecule has 8 heteroatoms. The maximum Gasteiger partial charge on any atom is 0.250 e. The highest BCUT2D eigenvalue weighted by Crippen LogP contribution is 2.21. The summed E-state index contributed by atoms with van der Waals surface area (Å²) >= 11 is 0. The van der Waals surface area contributed by atoms with E-state index in [1.165, 1.54) is 21.3 Å². The minimum absolute atomic E-state index is 0.0977. The molecule has 8 nitrogen and oxygen atoms in total. The molecular formula is C25H28N4O4. The summed E-state index contributed by atoms with van der Waals surface area (Å²) in [6.07, 6.45) is 4.41. The molecule has 0 unspecified atom stereocenters. The number of aromatic nitrogens is 2. The second-order valence-electron chi connectivity index (χ2n) is 7.61. The Kier molecular flexibility index (Phi) is 8.35. The van der Waals surface area contributed by atoms with Crippen molar-refractivity contribution in [2.75, 3.05) is 16.8 Å². The summed E-state index contributed by atoms with van der Waals surface area (Å²) in [5.74, 6) is -0.320. The minimum atomic E-state index is -0.222. The highest BCUT2D eigenvalue weighted by atomic mass is 16.2. The summed E-state index contributed by atoms with van der Waals surface area (Å²) < 4.78 is 2.99. The number of pyridine rings is 2. The predicted octanol–water partition coefficient (Wildman–Crippen LogP) is 2.87. The van der Waals surface area contributed by atoms with Crippen LogP contribution < -0.4 is 21.3 Å². The molecule has 0 saturated carbocycles. The van der Waals surface area contributed by atoms with E-state index in [0.717, 1.165) is 6.42 Å². The topological polar surface area (TPSA) is 93.4 Å². The molecule has 33 heavy (non-hydrogen) atoms. The van der Waals surface area contributed by atoms with Crippen LogP contribution in [0, 0.1) is 0 Å². The van der Waals surface area contributed by atoms with Crippen LogP contribution in [0.25, 0.3) is 0 Å². The molecule has 172 valence electrons. The van der Waals surface area contributed by atoms with E-state index in [-0.39, 0.29) is 42.3 Å². The fourth-order valence-electron chi connectivity index (χ4n) is 3.46. The van der Waals surface area contributed by atoms with Crippen LogP contribution in [0.3, 0.4) is 0 Å². The third-order valence-electron chi connectivity index (χ3n) is 5.13. The molecule has 2 heterocycles. The summed E-state index contributed by atoms with van der Waals surface area (Å²) in [6, 6.07) is 16.9. The van der Waals surface area contributed by atoms with Crippen molar-refractivity contribution in [1.29, 1.82) is 0 Å². The van der Waals surface area contributed by atoms with Crippen LogP contribution in [0.5, 0.6) is 0 Å². The van der Waals surface area contributed by atoms with Gasteiger partial charge in [-0.1, -0.05) is 25.1 Å². The first-order valence-electron chi connectivity index (χ1n) is 11.0. The zero-order valence-electron chi connectivity index (χ0n) is 18.6. The maximum atomic E-state index is 12.9. The Morgan fingerprint density at radius 3 is 2.09 bits per heavy atom. The fraction of sp³-hybridized carbons (Fsp3) is 0.280. The molecule has 0 aliphatic heterocycles. The largest absolute Gasteiger partial charge is 0.326 e. The fourth-order valence-corrected chi connectivity index (χ4v) is 3.46. The van der Waals surface area contributed by atoms with Gasteiger partial charge in [-0.2, -0.15) is 0 Å². The van der Waals surface area contributed by atoms with Crippen molar-refractivity contribution in [3.8, 4) is 0 Å². The van der Waals surface area contributed by atoms with Crippen LogP contribution in [0.15, 0.2) is 82.6 Å². The van der Waals surface area contributed by atoms with Crippen LogP contribution >= 0.6 is 0 Å². The van der Waals surface area contributed by atoms with Crippen molar-refractivity contribution in [3.63, 3.8) is 0 Å². The second-order valence-corrected chi connectivity index (χ2v) is 7.61. The standard InChI is InChI=1S/C25H28N4O4/c1-2-14-29(25(33)13-18-28-16-6-4-11-24(28)32)21-9-7-8-20(19-21)26-22(30)12-17-27-15-5-3-10-23(27)31/h3-11,15-16,19H,2,12-14,17-18H2,1H3,(H,26,30). The van der Waals surface area contributed by atoms with E-state index in [1.54, 1.807) is 59.8 Å². The Morgan fingerprint density at radius 2 is 1.48 bits per heavy atom. The molecule has 1 N–H and O–H groups in total. The Balaban J connectivity index is 1.64. The molecule has 0 aliphatic carbocycles. The molecule has 0 atom stereocenters. The normalized spacial score (nSPS) is 10.6. The monoisotopic (exact) mass is 448 g/mol. The molecule has 0 fully saturated rings. The first-order valence-corrected chi connectivity index (χ1v) is 11.0. The van der Waals surface area contributed by atoms with Crippen LogP contribution in [0.2, 0.25) is 0 Å². The van der Waals surface area contributed by atoms with Gasteiger partial charge in [0.1, 0.15) is 0 Å². The third-order valence-corrected chi connectivity index (χ3v) is 5.13. The number of aryl methyl sites for hydroxylation is 2. The van der Waals surface area contributed by atoms with Crippen molar-refractivity contribution >= 4 is 23.2 Å². The van der Waals surface area contributed by atoms with E-state index in [1.807, 2.05) is 13.0 Å². The van der Waals surface area contributed by atoms with E-state index >= 15 is 0 Å². The van der Waals surface area contributed by atoms with Crippen LogP contribution in [0.4, 0.5) is 11.4 Å². The van der Waals surface area contributed by atoms with Crippen molar-refractivity contribution in [1.82, 2.24) is 9.13 Å².